The Bertz CT molecular complexity index is 685. The maximum atomic E-state index is 11.4. The molecule has 2 atom stereocenters. The summed E-state index contributed by atoms with van der Waals surface area (Å²) in [6.45, 7) is 2.66. The number of carbonyl (C=O) groups is 1. The summed E-state index contributed by atoms with van der Waals surface area (Å²) < 4.78 is 5.25. The number of aryl methyl sites for hydroxylation is 1. The Morgan fingerprint density at radius 2 is 2.36 bits per heavy atom. The molecule has 0 unspecified atom stereocenters. The number of hydrogen-bond donors (Lipinski definition) is 2. The van der Waals surface area contributed by atoms with E-state index < -0.39 is 18.1 Å². The van der Waals surface area contributed by atoms with Crippen molar-refractivity contribution in [3.05, 3.63) is 35.7 Å². The summed E-state index contributed by atoms with van der Waals surface area (Å²) >= 11 is 0. The maximum Gasteiger partial charge on any atom is 0.241 e. The molecule has 1 aromatic heterocycles. The molecule has 1 aromatic carbocycles. The second-order valence-electron chi connectivity index (χ2n) is 5.62. The number of amides is 1. The van der Waals surface area contributed by atoms with Crippen molar-refractivity contribution in [1.82, 2.24) is 15.0 Å². The molecule has 2 heterocycles. The molecule has 1 aliphatic heterocycles. The fraction of sp³-hybridized carbons (Fsp3) is 0.400. The van der Waals surface area contributed by atoms with E-state index in [0.717, 1.165) is 11.1 Å². The first kappa shape index (κ1) is 14.7. The van der Waals surface area contributed by atoms with Gasteiger partial charge in [0.25, 0.3) is 0 Å². The topological polar surface area (TPSA) is 105 Å². The lowest BCUT2D eigenvalue weighted by Crippen LogP contribution is -2.39. The Morgan fingerprint density at radius 3 is 3.09 bits per heavy atom. The van der Waals surface area contributed by atoms with Crippen molar-refractivity contribution >= 4 is 5.91 Å². The first-order valence-corrected chi connectivity index (χ1v) is 7.14. The number of nitrogens with two attached hydrogens (primary N) is 1. The zero-order chi connectivity index (χ0) is 15.7. The van der Waals surface area contributed by atoms with Crippen LogP contribution in [-0.4, -0.2) is 44.7 Å². The van der Waals surface area contributed by atoms with Crippen LogP contribution in [0.25, 0.3) is 11.4 Å². The molecule has 116 valence electrons. The van der Waals surface area contributed by atoms with Gasteiger partial charge in [-0.15, -0.1) is 0 Å². The number of aliphatic hydroxyl groups is 1. The highest BCUT2D eigenvalue weighted by molar-refractivity contribution is 5.80. The van der Waals surface area contributed by atoms with Gasteiger partial charge in [0.2, 0.25) is 17.6 Å². The van der Waals surface area contributed by atoms with Crippen LogP contribution in [0, 0.1) is 6.92 Å². The van der Waals surface area contributed by atoms with Crippen molar-refractivity contribution in [2.24, 2.45) is 5.73 Å². The third-order valence-corrected chi connectivity index (χ3v) is 3.79. The van der Waals surface area contributed by atoms with Gasteiger partial charge in [-0.1, -0.05) is 28.9 Å². The molecular weight excluding hydrogens is 284 g/mol. The first-order valence-electron chi connectivity index (χ1n) is 7.14. The van der Waals surface area contributed by atoms with Crippen LogP contribution in [-0.2, 0) is 11.3 Å². The van der Waals surface area contributed by atoms with E-state index in [1.165, 1.54) is 0 Å². The normalized spacial score (nSPS) is 22.1. The minimum absolute atomic E-state index is 0.295. The number of β-amino-alcohol motifs (C(OH)–C–C–N with tert-alkyl or cyclic N) is 1. The van der Waals surface area contributed by atoms with Gasteiger partial charge in [-0.05, 0) is 19.4 Å². The molecule has 0 aliphatic carbocycles. The Kier molecular flexibility index (Phi) is 3.91. The van der Waals surface area contributed by atoms with E-state index in [9.17, 15) is 9.90 Å². The van der Waals surface area contributed by atoms with Gasteiger partial charge in [0.15, 0.2) is 0 Å². The van der Waals surface area contributed by atoms with Gasteiger partial charge in [0.1, 0.15) is 0 Å². The second kappa shape index (κ2) is 5.86. The second-order valence-corrected chi connectivity index (χ2v) is 5.62. The average Bonchev–Trinajstić information content (AvgIpc) is 3.06. The van der Waals surface area contributed by atoms with Crippen LogP contribution in [0.2, 0.25) is 0 Å². The fourth-order valence-corrected chi connectivity index (χ4v) is 2.74. The molecule has 3 N–H and O–H groups in total. The minimum Gasteiger partial charge on any atom is -0.392 e. The predicted molar refractivity (Wildman–Crippen MR) is 78.5 cm³/mol. The van der Waals surface area contributed by atoms with Crippen LogP contribution < -0.4 is 5.73 Å². The number of aliphatic hydroxyl groups excluding tert-OH is 1. The Balaban J connectivity index is 1.76. The van der Waals surface area contributed by atoms with Crippen molar-refractivity contribution in [3.8, 4) is 11.4 Å². The number of benzene rings is 1. The summed E-state index contributed by atoms with van der Waals surface area (Å²) in [6, 6.07) is 7.31. The zero-order valence-corrected chi connectivity index (χ0v) is 12.3. The first-order chi connectivity index (χ1) is 10.5. The highest BCUT2D eigenvalue weighted by atomic mass is 16.5. The molecule has 1 saturated heterocycles. The summed E-state index contributed by atoms with van der Waals surface area (Å²) in [4.78, 5) is 17.5. The molecule has 2 aromatic rings. The number of carbonyl (C=O) groups excluding carboxylic acids is 1. The van der Waals surface area contributed by atoms with Crippen molar-refractivity contribution < 1.29 is 14.4 Å². The van der Waals surface area contributed by atoms with Crippen molar-refractivity contribution in [3.63, 3.8) is 0 Å². The van der Waals surface area contributed by atoms with E-state index in [2.05, 4.69) is 10.1 Å². The number of aromatic nitrogens is 2. The lowest BCUT2D eigenvalue weighted by atomic mass is 10.1. The van der Waals surface area contributed by atoms with Gasteiger partial charge in [0.05, 0.1) is 18.7 Å². The van der Waals surface area contributed by atoms with Crippen molar-refractivity contribution in [1.29, 1.82) is 0 Å². The summed E-state index contributed by atoms with van der Waals surface area (Å²) in [5, 5.41) is 13.7. The van der Waals surface area contributed by atoms with Gasteiger partial charge in [-0.25, -0.2) is 0 Å². The third kappa shape index (κ3) is 3.00. The molecule has 0 radical (unpaired) electrons. The van der Waals surface area contributed by atoms with Crippen LogP contribution >= 0.6 is 0 Å². The Morgan fingerprint density at radius 1 is 1.55 bits per heavy atom. The van der Waals surface area contributed by atoms with Crippen LogP contribution in [0.3, 0.4) is 0 Å². The van der Waals surface area contributed by atoms with E-state index in [1.54, 1.807) is 4.90 Å². The maximum absolute atomic E-state index is 11.4. The van der Waals surface area contributed by atoms with Gasteiger partial charge in [-0.3, -0.25) is 9.69 Å². The fourth-order valence-electron chi connectivity index (χ4n) is 2.74. The highest BCUT2D eigenvalue weighted by Crippen LogP contribution is 2.22. The van der Waals surface area contributed by atoms with Gasteiger partial charge < -0.3 is 15.4 Å². The monoisotopic (exact) mass is 302 g/mol. The Hall–Kier alpha value is -2.25. The Labute approximate surface area is 127 Å². The van der Waals surface area contributed by atoms with Gasteiger partial charge in [-0.2, -0.15) is 4.98 Å². The van der Waals surface area contributed by atoms with Crippen LogP contribution in [0.1, 0.15) is 17.9 Å². The number of hydrogen-bond acceptors (Lipinski definition) is 6. The molecule has 0 saturated carbocycles. The predicted octanol–water partition coefficient (Wildman–Crippen LogP) is 0.466. The summed E-state index contributed by atoms with van der Waals surface area (Å²) in [5.41, 5.74) is 7.35. The zero-order valence-electron chi connectivity index (χ0n) is 12.3. The summed E-state index contributed by atoms with van der Waals surface area (Å²) in [5.74, 6) is 0.459. The van der Waals surface area contributed by atoms with E-state index in [0.29, 0.717) is 31.2 Å². The van der Waals surface area contributed by atoms with E-state index >= 15 is 0 Å². The number of nitrogens with zero attached hydrogens (tertiary/aromatic N) is 3. The van der Waals surface area contributed by atoms with Crippen LogP contribution in [0.4, 0.5) is 0 Å². The number of primary amides is 1. The van der Waals surface area contributed by atoms with E-state index in [1.807, 2.05) is 31.2 Å². The molecule has 3 rings (SSSR count). The minimum atomic E-state index is -0.559. The molecule has 7 heteroatoms. The molecule has 1 fully saturated rings. The standard InChI is InChI=1S/C15H18N4O3/c1-9-3-2-4-10(5-9)15-17-13(22-18-15)8-19-7-11(20)6-12(19)14(16)21/h2-5,11-12,20H,6-8H2,1H3,(H2,16,21)/t11-,12-/m1/s1. The summed E-state index contributed by atoms with van der Waals surface area (Å²) in [6.07, 6.45) is -0.217. The van der Waals surface area contributed by atoms with Crippen LogP contribution in [0.5, 0.6) is 0 Å². The van der Waals surface area contributed by atoms with Crippen molar-refractivity contribution in [2.75, 3.05) is 6.54 Å². The highest BCUT2D eigenvalue weighted by Gasteiger charge is 2.35. The molecule has 0 bridgehead atoms. The van der Waals surface area contributed by atoms with E-state index in [4.69, 9.17) is 10.3 Å². The number of rotatable bonds is 4. The van der Waals surface area contributed by atoms with Gasteiger partial charge >= 0.3 is 0 Å². The van der Waals surface area contributed by atoms with E-state index in [-0.39, 0.29) is 0 Å². The molecule has 0 spiro atoms. The average molecular weight is 302 g/mol. The number of likely N-dealkylation sites (tertiary alicyclic amines) is 1. The van der Waals surface area contributed by atoms with Crippen LogP contribution in [0.15, 0.2) is 28.8 Å². The summed E-state index contributed by atoms with van der Waals surface area (Å²) in [7, 11) is 0. The lowest BCUT2D eigenvalue weighted by molar-refractivity contribution is -0.122. The molecule has 1 aliphatic rings. The quantitative estimate of drug-likeness (QED) is 0.850. The lowest BCUT2D eigenvalue weighted by Gasteiger charge is -2.18. The molecule has 1 amide bonds. The SMILES string of the molecule is Cc1cccc(-c2noc(CN3C[C@H](O)C[C@@H]3C(N)=O)n2)c1. The van der Waals surface area contributed by atoms with Crippen molar-refractivity contribution in [2.45, 2.75) is 32.0 Å². The smallest absolute Gasteiger partial charge is 0.241 e. The molecule has 7 nitrogen and oxygen atoms in total. The molecular formula is C15H18N4O3. The largest absolute Gasteiger partial charge is 0.392 e. The van der Waals surface area contributed by atoms with Gasteiger partial charge in [0, 0.05) is 12.1 Å². The third-order valence-electron chi connectivity index (χ3n) is 3.79. The molecule has 22 heavy (non-hydrogen) atoms.